The van der Waals surface area contributed by atoms with Crippen LogP contribution in [0.15, 0.2) is 53.9 Å². The van der Waals surface area contributed by atoms with Crippen LogP contribution in [0.4, 0.5) is 0 Å². The molecule has 2 aromatic heterocycles. The number of imidazole rings is 1. The highest BCUT2D eigenvalue weighted by Crippen LogP contribution is 2.28. The third-order valence-corrected chi connectivity index (χ3v) is 5.09. The molecular weight excluding hydrogens is 320 g/mol. The molecule has 1 atom stereocenters. The van der Waals surface area contributed by atoms with Crippen LogP contribution in [-0.4, -0.2) is 26.1 Å². The van der Waals surface area contributed by atoms with Crippen molar-refractivity contribution < 1.29 is 4.79 Å². The molecule has 0 aliphatic rings. The molecule has 0 spiro atoms. The van der Waals surface area contributed by atoms with Gasteiger partial charge in [-0.05, 0) is 29.7 Å². The number of benzene rings is 1. The SMILES string of the molecule is CC(C)C(Sc1nc2ccccc2[nH]1)C(=O)NCc1cccnc1. The molecule has 3 rings (SSSR count). The Bertz CT molecular complexity index is 783. The number of fused-ring (bicyclic) bond motifs is 1. The van der Waals surface area contributed by atoms with Crippen molar-refractivity contribution in [3.8, 4) is 0 Å². The quantitative estimate of drug-likeness (QED) is 0.675. The van der Waals surface area contributed by atoms with Crippen molar-refractivity contribution in [3.63, 3.8) is 0 Å². The third kappa shape index (κ3) is 3.94. The summed E-state index contributed by atoms with van der Waals surface area (Å²) >= 11 is 1.47. The van der Waals surface area contributed by atoms with Crippen molar-refractivity contribution >= 4 is 28.7 Å². The normalized spacial score (nSPS) is 12.5. The zero-order valence-corrected chi connectivity index (χ0v) is 14.5. The third-order valence-electron chi connectivity index (χ3n) is 3.66. The number of para-hydroxylation sites is 2. The van der Waals surface area contributed by atoms with Crippen LogP contribution >= 0.6 is 11.8 Å². The molecule has 24 heavy (non-hydrogen) atoms. The Morgan fingerprint density at radius 1 is 1.25 bits per heavy atom. The first-order chi connectivity index (χ1) is 11.6. The maximum absolute atomic E-state index is 12.6. The summed E-state index contributed by atoms with van der Waals surface area (Å²) in [5.41, 5.74) is 2.89. The molecule has 1 aromatic carbocycles. The molecule has 0 radical (unpaired) electrons. The summed E-state index contributed by atoms with van der Waals surface area (Å²) in [6, 6.07) is 11.7. The standard InChI is InChI=1S/C18H20N4OS/c1-12(2)16(17(23)20-11-13-6-5-9-19-10-13)24-18-21-14-7-3-4-8-15(14)22-18/h3-10,12,16H,11H2,1-2H3,(H,20,23)(H,21,22). The summed E-state index contributed by atoms with van der Waals surface area (Å²) in [4.78, 5) is 24.5. The van der Waals surface area contributed by atoms with Crippen LogP contribution in [0.1, 0.15) is 19.4 Å². The van der Waals surface area contributed by atoms with Gasteiger partial charge in [0.15, 0.2) is 5.16 Å². The fourth-order valence-electron chi connectivity index (χ4n) is 2.39. The number of hydrogen-bond donors (Lipinski definition) is 2. The lowest BCUT2D eigenvalue weighted by molar-refractivity contribution is -0.121. The fraction of sp³-hybridized carbons (Fsp3) is 0.278. The largest absolute Gasteiger partial charge is 0.351 e. The molecule has 0 saturated carbocycles. The number of pyridine rings is 1. The van der Waals surface area contributed by atoms with E-state index in [1.165, 1.54) is 11.8 Å². The molecule has 1 unspecified atom stereocenters. The molecule has 1 amide bonds. The van der Waals surface area contributed by atoms with Crippen LogP contribution in [0.2, 0.25) is 0 Å². The number of aromatic nitrogens is 3. The average Bonchev–Trinajstić information content (AvgIpc) is 3.01. The molecule has 6 heteroatoms. The number of carbonyl (C=O) groups is 1. The number of nitrogens with one attached hydrogen (secondary N) is 2. The van der Waals surface area contributed by atoms with E-state index >= 15 is 0 Å². The molecule has 2 N–H and O–H groups in total. The second-order valence-electron chi connectivity index (χ2n) is 5.92. The second kappa shape index (κ2) is 7.49. The lowest BCUT2D eigenvalue weighted by atomic mass is 10.1. The molecule has 0 bridgehead atoms. The van der Waals surface area contributed by atoms with Gasteiger partial charge in [-0.1, -0.05) is 43.8 Å². The Morgan fingerprint density at radius 2 is 2.08 bits per heavy atom. The maximum atomic E-state index is 12.6. The molecule has 3 aromatic rings. The average molecular weight is 340 g/mol. The summed E-state index contributed by atoms with van der Waals surface area (Å²) in [5.74, 6) is 0.205. The van der Waals surface area contributed by atoms with Gasteiger partial charge in [-0.3, -0.25) is 9.78 Å². The molecule has 2 heterocycles. The Hall–Kier alpha value is -2.34. The predicted molar refractivity (Wildman–Crippen MR) is 96.7 cm³/mol. The van der Waals surface area contributed by atoms with E-state index in [1.54, 1.807) is 12.4 Å². The first-order valence-electron chi connectivity index (χ1n) is 7.91. The van der Waals surface area contributed by atoms with E-state index in [2.05, 4.69) is 20.3 Å². The van der Waals surface area contributed by atoms with Gasteiger partial charge in [-0.2, -0.15) is 0 Å². The van der Waals surface area contributed by atoms with Gasteiger partial charge >= 0.3 is 0 Å². The highest BCUT2D eigenvalue weighted by molar-refractivity contribution is 8.00. The van der Waals surface area contributed by atoms with E-state index in [0.29, 0.717) is 6.54 Å². The summed E-state index contributed by atoms with van der Waals surface area (Å²) in [6.07, 6.45) is 3.48. The first-order valence-corrected chi connectivity index (χ1v) is 8.79. The predicted octanol–water partition coefficient (Wildman–Crippen LogP) is 3.39. The lowest BCUT2D eigenvalue weighted by Gasteiger charge is -2.18. The minimum absolute atomic E-state index is 0.0132. The maximum Gasteiger partial charge on any atom is 0.234 e. The summed E-state index contributed by atoms with van der Waals surface area (Å²) < 4.78 is 0. The smallest absolute Gasteiger partial charge is 0.234 e. The van der Waals surface area contributed by atoms with Crippen molar-refractivity contribution in [3.05, 3.63) is 54.4 Å². The van der Waals surface area contributed by atoms with Crippen molar-refractivity contribution in [2.75, 3.05) is 0 Å². The number of thioether (sulfide) groups is 1. The van der Waals surface area contributed by atoms with Crippen LogP contribution in [0, 0.1) is 5.92 Å². The second-order valence-corrected chi connectivity index (χ2v) is 7.05. The van der Waals surface area contributed by atoms with Crippen LogP contribution in [0.25, 0.3) is 11.0 Å². The van der Waals surface area contributed by atoms with E-state index in [4.69, 9.17) is 0 Å². The monoisotopic (exact) mass is 340 g/mol. The van der Waals surface area contributed by atoms with Gasteiger partial charge in [-0.15, -0.1) is 0 Å². The number of hydrogen-bond acceptors (Lipinski definition) is 4. The molecule has 5 nitrogen and oxygen atoms in total. The number of carbonyl (C=O) groups excluding carboxylic acids is 1. The fourth-order valence-corrected chi connectivity index (χ4v) is 3.41. The van der Waals surface area contributed by atoms with E-state index in [0.717, 1.165) is 21.8 Å². The molecular formula is C18H20N4OS. The number of rotatable bonds is 6. The zero-order chi connectivity index (χ0) is 16.9. The Balaban J connectivity index is 1.68. The van der Waals surface area contributed by atoms with Crippen molar-refractivity contribution in [2.24, 2.45) is 5.92 Å². The molecule has 0 aliphatic carbocycles. The van der Waals surface area contributed by atoms with Gasteiger partial charge in [0, 0.05) is 18.9 Å². The topological polar surface area (TPSA) is 70.7 Å². The van der Waals surface area contributed by atoms with Crippen molar-refractivity contribution in [1.82, 2.24) is 20.3 Å². The summed E-state index contributed by atoms with van der Waals surface area (Å²) in [6.45, 7) is 4.57. The van der Waals surface area contributed by atoms with Gasteiger partial charge in [-0.25, -0.2) is 4.98 Å². The van der Waals surface area contributed by atoms with Crippen LogP contribution < -0.4 is 5.32 Å². The first kappa shape index (κ1) is 16.5. The van der Waals surface area contributed by atoms with Crippen molar-refractivity contribution in [2.45, 2.75) is 30.8 Å². The number of amides is 1. The summed E-state index contributed by atoms with van der Waals surface area (Å²) in [5, 5.41) is 3.56. The number of H-pyrrole nitrogens is 1. The molecule has 0 aliphatic heterocycles. The number of nitrogens with zero attached hydrogens (tertiary/aromatic N) is 2. The Labute approximate surface area is 145 Å². The highest BCUT2D eigenvalue weighted by atomic mass is 32.2. The van der Waals surface area contributed by atoms with E-state index < -0.39 is 0 Å². The van der Waals surface area contributed by atoms with Gasteiger partial charge in [0.05, 0.1) is 16.3 Å². The van der Waals surface area contributed by atoms with Crippen LogP contribution in [0.3, 0.4) is 0 Å². The minimum atomic E-state index is -0.206. The summed E-state index contributed by atoms with van der Waals surface area (Å²) in [7, 11) is 0. The Morgan fingerprint density at radius 3 is 2.79 bits per heavy atom. The van der Waals surface area contributed by atoms with E-state index in [-0.39, 0.29) is 17.1 Å². The molecule has 0 fully saturated rings. The van der Waals surface area contributed by atoms with Gasteiger partial charge < -0.3 is 10.3 Å². The van der Waals surface area contributed by atoms with Crippen LogP contribution in [0.5, 0.6) is 0 Å². The van der Waals surface area contributed by atoms with Crippen molar-refractivity contribution in [1.29, 1.82) is 0 Å². The molecule has 124 valence electrons. The lowest BCUT2D eigenvalue weighted by Crippen LogP contribution is -2.35. The van der Waals surface area contributed by atoms with Crippen LogP contribution in [-0.2, 0) is 11.3 Å². The highest BCUT2D eigenvalue weighted by Gasteiger charge is 2.24. The van der Waals surface area contributed by atoms with Gasteiger partial charge in [0.25, 0.3) is 0 Å². The minimum Gasteiger partial charge on any atom is -0.351 e. The molecule has 0 saturated heterocycles. The Kier molecular flexibility index (Phi) is 5.15. The number of aromatic amines is 1. The van der Waals surface area contributed by atoms with E-state index in [1.807, 2.05) is 50.2 Å². The van der Waals surface area contributed by atoms with Gasteiger partial charge in [0.1, 0.15) is 0 Å². The van der Waals surface area contributed by atoms with E-state index in [9.17, 15) is 4.79 Å². The van der Waals surface area contributed by atoms with Gasteiger partial charge in [0.2, 0.25) is 5.91 Å². The zero-order valence-electron chi connectivity index (χ0n) is 13.7.